The maximum absolute atomic E-state index is 8.50. The highest BCUT2D eigenvalue weighted by Crippen LogP contribution is 2.08. The highest BCUT2D eigenvalue weighted by Gasteiger charge is 2.06. The first-order valence-electron chi connectivity index (χ1n) is 4.12. The number of aliphatic hydroxyl groups excluding tert-OH is 1. The first-order valence-corrected chi connectivity index (χ1v) is 5.28. The van der Waals surface area contributed by atoms with Gasteiger partial charge in [0, 0.05) is 18.4 Å². The Morgan fingerprint density at radius 2 is 2.09 bits per heavy atom. The van der Waals surface area contributed by atoms with Gasteiger partial charge in [0.05, 0.1) is 0 Å². The lowest BCUT2D eigenvalue weighted by molar-refractivity contribution is 0.296. The van der Waals surface area contributed by atoms with E-state index in [2.05, 4.69) is 13.8 Å². The molecule has 0 fully saturated rings. The minimum Gasteiger partial charge on any atom is -0.396 e. The van der Waals surface area contributed by atoms with E-state index in [1.165, 1.54) is 0 Å². The third-order valence-electron chi connectivity index (χ3n) is 1.61. The second-order valence-electron chi connectivity index (χ2n) is 3.06. The lowest BCUT2D eigenvalue weighted by Crippen LogP contribution is -2.29. The zero-order valence-electron chi connectivity index (χ0n) is 7.42. The fourth-order valence-electron chi connectivity index (χ4n) is 0.578. The molecule has 68 valence electrons. The SMILES string of the molecule is CC(C)C(N)CSCCCO. The van der Waals surface area contributed by atoms with E-state index in [1.807, 2.05) is 11.8 Å². The maximum Gasteiger partial charge on any atom is 0.0438 e. The van der Waals surface area contributed by atoms with Crippen LogP contribution in [-0.2, 0) is 0 Å². The summed E-state index contributed by atoms with van der Waals surface area (Å²) in [6.45, 7) is 4.57. The van der Waals surface area contributed by atoms with Crippen molar-refractivity contribution in [3.05, 3.63) is 0 Å². The molecule has 3 N–H and O–H groups in total. The summed E-state index contributed by atoms with van der Waals surface area (Å²) >= 11 is 1.83. The Balaban J connectivity index is 3.10. The zero-order chi connectivity index (χ0) is 8.69. The Kier molecular flexibility index (Phi) is 7.12. The van der Waals surface area contributed by atoms with E-state index in [1.54, 1.807) is 0 Å². The quantitative estimate of drug-likeness (QED) is 0.597. The molecule has 0 aromatic carbocycles. The van der Waals surface area contributed by atoms with Gasteiger partial charge in [-0.05, 0) is 18.1 Å². The van der Waals surface area contributed by atoms with Crippen LogP contribution in [0.3, 0.4) is 0 Å². The average Bonchev–Trinajstić information content (AvgIpc) is 1.97. The number of rotatable bonds is 6. The number of aliphatic hydroxyl groups is 1. The van der Waals surface area contributed by atoms with Crippen LogP contribution >= 0.6 is 11.8 Å². The summed E-state index contributed by atoms with van der Waals surface area (Å²) in [5.74, 6) is 2.60. The molecule has 0 aliphatic heterocycles. The molecule has 0 amide bonds. The van der Waals surface area contributed by atoms with Gasteiger partial charge in [0.25, 0.3) is 0 Å². The van der Waals surface area contributed by atoms with Crippen LogP contribution in [0, 0.1) is 5.92 Å². The largest absolute Gasteiger partial charge is 0.396 e. The van der Waals surface area contributed by atoms with Gasteiger partial charge >= 0.3 is 0 Å². The molecule has 3 heteroatoms. The highest BCUT2D eigenvalue weighted by atomic mass is 32.2. The monoisotopic (exact) mass is 177 g/mol. The molecule has 0 aromatic heterocycles. The molecule has 0 saturated carbocycles. The summed E-state index contributed by atoms with van der Waals surface area (Å²) < 4.78 is 0. The Hall–Kier alpha value is 0.270. The molecule has 0 aliphatic carbocycles. The third kappa shape index (κ3) is 6.66. The standard InChI is InChI=1S/C8H19NOS/c1-7(2)8(9)6-11-5-3-4-10/h7-8,10H,3-6,9H2,1-2H3. The van der Waals surface area contributed by atoms with Crippen LogP contribution < -0.4 is 5.73 Å². The molecule has 0 aromatic rings. The number of thioether (sulfide) groups is 1. The molecule has 11 heavy (non-hydrogen) atoms. The summed E-state index contributed by atoms with van der Waals surface area (Å²) in [6.07, 6.45) is 0.884. The zero-order valence-corrected chi connectivity index (χ0v) is 8.23. The number of nitrogens with two attached hydrogens (primary N) is 1. The molecule has 2 nitrogen and oxygen atoms in total. The molecule has 0 rings (SSSR count). The van der Waals surface area contributed by atoms with Crippen molar-refractivity contribution in [2.24, 2.45) is 11.7 Å². The summed E-state index contributed by atoms with van der Waals surface area (Å²) in [5.41, 5.74) is 5.82. The summed E-state index contributed by atoms with van der Waals surface area (Å²) in [5, 5.41) is 8.50. The van der Waals surface area contributed by atoms with Crippen LogP contribution in [0.5, 0.6) is 0 Å². The topological polar surface area (TPSA) is 46.2 Å². The second kappa shape index (κ2) is 6.95. The molecule has 0 heterocycles. The number of hydrogen-bond acceptors (Lipinski definition) is 3. The van der Waals surface area contributed by atoms with E-state index in [0.717, 1.165) is 17.9 Å². The fraction of sp³-hybridized carbons (Fsp3) is 1.00. The molecule has 0 aliphatic rings. The van der Waals surface area contributed by atoms with Crippen LogP contribution in [0.4, 0.5) is 0 Å². The van der Waals surface area contributed by atoms with Gasteiger partial charge in [-0.15, -0.1) is 0 Å². The Labute approximate surface area is 73.6 Å². The van der Waals surface area contributed by atoms with Crippen LogP contribution in [0.2, 0.25) is 0 Å². The highest BCUT2D eigenvalue weighted by molar-refractivity contribution is 7.99. The van der Waals surface area contributed by atoms with E-state index < -0.39 is 0 Å². The van der Waals surface area contributed by atoms with E-state index in [4.69, 9.17) is 10.8 Å². The number of hydrogen-bond donors (Lipinski definition) is 2. The van der Waals surface area contributed by atoms with Crippen molar-refractivity contribution in [2.45, 2.75) is 26.3 Å². The van der Waals surface area contributed by atoms with Crippen LogP contribution in [0.25, 0.3) is 0 Å². The van der Waals surface area contributed by atoms with Gasteiger partial charge in [-0.25, -0.2) is 0 Å². The summed E-state index contributed by atoms with van der Waals surface area (Å²) in [7, 11) is 0. The fourth-order valence-corrected chi connectivity index (χ4v) is 1.74. The van der Waals surface area contributed by atoms with Crippen molar-refractivity contribution in [2.75, 3.05) is 18.1 Å². The minimum absolute atomic E-state index is 0.296. The molecule has 1 atom stereocenters. The smallest absolute Gasteiger partial charge is 0.0438 e. The summed E-state index contributed by atoms with van der Waals surface area (Å²) in [6, 6.07) is 0.304. The first kappa shape index (κ1) is 11.3. The van der Waals surface area contributed by atoms with E-state index in [0.29, 0.717) is 18.6 Å². The van der Waals surface area contributed by atoms with Gasteiger partial charge < -0.3 is 10.8 Å². The Bertz CT molecular complexity index is 88.2. The van der Waals surface area contributed by atoms with Gasteiger partial charge in [0.2, 0.25) is 0 Å². The van der Waals surface area contributed by atoms with Crippen molar-refractivity contribution in [1.82, 2.24) is 0 Å². The molecular weight excluding hydrogens is 158 g/mol. The van der Waals surface area contributed by atoms with Crippen molar-refractivity contribution >= 4 is 11.8 Å². The maximum atomic E-state index is 8.50. The second-order valence-corrected chi connectivity index (χ2v) is 4.21. The molecule has 0 radical (unpaired) electrons. The minimum atomic E-state index is 0.296. The van der Waals surface area contributed by atoms with Gasteiger partial charge in [0.15, 0.2) is 0 Å². The van der Waals surface area contributed by atoms with Crippen molar-refractivity contribution < 1.29 is 5.11 Å². The molecule has 0 spiro atoms. The van der Waals surface area contributed by atoms with Gasteiger partial charge in [-0.1, -0.05) is 13.8 Å². The summed E-state index contributed by atoms with van der Waals surface area (Å²) in [4.78, 5) is 0. The van der Waals surface area contributed by atoms with Crippen molar-refractivity contribution in [3.8, 4) is 0 Å². The third-order valence-corrected chi connectivity index (χ3v) is 2.81. The van der Waals surface area contributed by atoms with Gasteiger partial charge in [0.1, 0.15) is 0 Å². The van der Waals surface area contributed by atoms with Gasteiger partial charge in [-0.2, -0.15) is 11.8 Å². The van der Waals surface area contributed by atoms with Crippen molar-refractivity contribution in [3.63, 3.8) is 0 Å². The molecule has 0 saturated heterocycles. The van der Waals surface area contributed by atoms with Crippen LogP contribution in [0.1, 0.15) is 20.3 Å². The molecule has 0 bridgehead atoms. The molecular formula is C8H19NOS. The van der Waals surface area contributed by atoms with Crippen LogP contribution in [-0.4, -0.2) is 29.3 Å². The predicted molar refractivity (Wildman–Crippen MR) is 51.8 cm³/mol. The molecule has 1 unspecified atom stereocenters. The average molecular weight is 177 g/mol. The van der Waals surface area contributed by atoms with E-state index in [9.17, 15) is 0 Å². The Morgan fingerprint density at radius 1 is 1.45 bits per heavy atom. The van der Waals surface area contributed by atoms with E-state index >= 15 is 0 Å². The van der Waals surface area contributed by atoms with Crippen molar-refractivity contribution in [1.29, 1.82) is 0 Å². The lowest BCUT2D eigenvalue weighted by atomic mass is 10.1. The van der Waals surface area contributed by atoms with Crippen LogP contribution in [0.15, 0.2) is 0 Å². The Morgan fingerprint density at radius 3 is 2.55 bits per heavy atom. The normalized spacial score (nSPS) is 13.9. The lowest BCUT2D eigenvalue weighted by Gasteiger charge is -2.14. The first-order chi connectivity index (χ1) is 5.18. The van der Waals surface area contributed by atoms with E-state index in [-0.39, 0.29) is 0 Å². The van der Waals surface area contributed by atoms with Gasteiger partial charge in [-0.3, -0.25) is 0 Å². The predicted octanol–water partition coefficient (Wildman–Crippen LogP) is 1.09.